The van der Waals surface area contributed by atoms with Crippen LogP contribution in [-0.4, -0.2) is 14.7 Å². The van der Waals surface area contributed by atoms with E-state index in [1.54, 1.807) is 18.2 Å². The lowest BCUT2D eigenvalue weighted by Crippen LogP contribution is -2.08. The maximum atomic E-state index is 12.5. The second kappa shape index (κ2) is 5.03. The molecule has 0 aliphatic carbocycles. The van der Waals surface area contributed by atoms with Crippen molar-refractivity contribution in [3.05, 3.63) is 53.1 Å². The molecule has 2 aromatic carbocycles. The molecule has 0 atom stereocenters. The van der Waals surface area contributed by atoms with Crippen LogP contribution in [0.5, 0.6) is 0 Å². The van der Waals surface area contributed by atoms with Gasteiger partial charge >= 0.3 is 0 Å². The Morgan fingerprint density at radius 1 is 1.05 bits per heavy atom. The van der Waals surface area contributed by atoms with Crippen molar-refractivity contribution in [3.63, 3.8) is 0 Å². The van der Waals surface area contributed by atoms with Crippen LogP contribution in [0.4, 0.5) is 5.69 Å². The van der Waals surface area contributed by atoms with Crippen molar-refractivity contribution >= 4 is 33.4 Å². The first-order chi connectivity index (χ1) is 8.98. The standard InChI is InChI=1S/C13H10ClNO3S/c14-11-7-6-9(8-16)12(15)13(11)19(17,18)10-4-2-1-3-5-10/h1-8H,15H2. The summed E-state index contributed by atoms with van der Waals surface area (Å²) in [4.78, 5) is 10.7. The van der Waals surface area contributed by atoms with Gasteiger partial charge in [0, 0.05) is 5.56 Å². The third-order valence-electron chi connectivity index (χ3n) is 2.63. The van der Waals surface area contributed by atoms with Crippen LogP contribution in [0.2, 0.25) is 5.02 Å². The lowest BCUT2D eigenvalue weighted by molar-refractivity contribution is 0.112. The van der Waals surface area contributed by atoms with E-state index in [0.29, 0.717) is 6.29 Å². The summed E-state index contributed by atoms with van der Waals surface area (Å²) in [5.41, 5.74) is 5.69. The van der Waals surface area contributed by atoms with Crippen LogP contribution in [-0.2, 0) is 9.84 Å². The van der Waals surface area contributed by atoms with Crippen LogP contribution in [0.3, 0.4) is 0 Å². The van der Waals surface area contributed by atoms with Crippen molar-refractivity contribution in [2.24, 2.45) is 0 Å². The molecular formula is C13H10ClNO3S. The van der Waals surface area contributed by atoms with Crippen LogP contribution >= 0.6 is 11.6 Å². The molecule has 98 valence electrons. The zero-order chi connectivity index (χ0) is 14.0. The Morgan fingerprint density at radius 2 is 1.68 bits per heavy atom. The Kier molecular flexibility index (Phi) is 3.59. The number of nitrogens with two attached hydrogens (primary N) is 1. The highest BCUT2D eigenvalue weighted by atomic mass is 35.5. The number of sulfone groups is 1. The van der Waals surface area contributed by atoms with E-state index >= 15 is 0 Å². The lowest BCUT2D eigenvalue weighted by Gasteiger charge is -2.11. The van der Waals surface area contributed by atoms with Crippen LogP contribution < -0.4 is 5.73 Å². The topological polar surface area (TPSA) is 77.2 Å². The fourth-order valence-electron chi connectivity index (χ4n) is 1.68. The molecule has 19 heavy (non-hydrogen) atoms. The summed E-state index contributed by atoms with van der Waals surface area (Å²) in [6.07, 6.45) is 0.496. The fraction of sp³-hybridized carbons (Fsp3) is 0. The summed E-state index contributed by atoms with van der Waals surface area (Å²) in [6, 6.07) is 10.5. The van der Waals surface area contributed by atoms with Gasteiger partial charge in [0.1, 0.15) is 4.90 Å². The van der Waals surface area contributed by atoms with E-state index < -0.39 is 9.84 Å². The molecule has 4 nitrogen and oxygen atoms in total. The van der Waals surface area contributed by atoms with Gasteiger partial charge in [-0.15, -0.1) is 0 Å². The number of nitrogen functional groups attached to an aromatic ring is 1. The zero-order valence-corrected chi connectivity index (χ0v) is 11.3. The van der Waals surface area contributed by atoms with E-state index in [1.807, 2.05) is 0 Å². The van der Waals surface area contributed by atoms with Gasteiger partial charge in [-0.2, -0.15) is 0 Å². The van der Waals surface area contributed by atoms with Gasteiger partial charge in [0.2, 0.25) is 9.84 Å². The first-order valence-corrected chi connectivity index (χ1v) is 7.18. The summed E-state index contributed by atoms with van der Waals surface area (Å²) in [5.74, 6) is 0. The summed E-state index contributed by atoms with van der Waals surface area (Å²) >= 11 is 5.92. The number of anilines is 1. The van der Waals surface area contributed by atoms with Gasteiger partial charge in [0.25, 0.3) is 0 Å². The molecule has 0 unspecified atom stereocenters. The van der Waals surface area contributed by atoms with E-state index in [9.17, 15) is 13.2 Å². The maximum Gasteiger partial charge on any atom is 0.210 e. The average Bonchev–Trinajstić information content (AvgIpc) is 2.40. The third kappa shape index (κ3) is 2.34. The maximum absolute atomic E-state index is 12.5. The number of carbonyl (C=O) groups is 1. The SMILES string of the molecule is Nc1c(C=O)ccc(Cl)c1S(=O)(=O)c1ccccc1. The van der Waals surface area contributed by atoms with Crippen molar-refractivity contribution in [1.82, 2.24) is 0 Å². The van der Waals surface area contributed by atoms with Gasteiger partial charge in [-0.1, -0.05) is 29.8 Å². The number of hydrogen-bond donors (Lipinski definition) is 1. The zero-order valence-electron chi connectivity index (χ0n) is 9.71. The van der Waals surface area contributed by atoms with Crippen molar-refractivity contribution in [3.8, 4) is 0 Å². The molecule has 0 saturated heterocycles. The van der Waals surface area contributed by atoms with E-state index in [0.717, 1.165) is 0 Å². The van der Waals surface area contributed by atoms with Gasteiger partial charge in [0.15, 0.2) is 6.29 Å². The first kappa shape index (κ1) is 13.6. The smallest absolute Gasteiger partial charge is 0.210 e. The predicted molar refractivity (Wildman–Crippen MR) is 73.1 cm³/mol. The van der Waals surface area contributed by atoms with Crippen LogP contribution in [0.25, 0.3) is 0 Å². The minimum absolute atomic E-state index is 0.00745. The number of halogens is 1. The van der Waals surface area contributed by atoms with Crippen molar-refractivity contribution in [1.29, 1.82) is 0 Å². The molecule has 0 aliphatic rings. The molecule has 2 N–H and O–H groups in total. The minimum Gasteiger partial charge on any atom is -0.397 e. The van der Waals surface area contributed by atoms with Crippen LogP contribution in [0.15, 0.2) is 52.3 Å². The number of rotatable bonds is 3. The Hall–Kier alpha value is -1.85. The molecule has 2 rings (SSSR count). The molecule has 0 amide bonds. The molecule has 6 heteroatoms. The van der Waals surface area contributed by atoms with E-state index in [-0.39, 0.29) is 26.1 Å². The second-order valence-electron chi connectivity index (χ2n) is 3.81. The second-order valence-corrected chi connectivity index (χ2v) is 6.11. The largest absolute Gasteiger partial charge is 0.397 e. The monoisotopic (exact) mass is 295 g/mol. The fourth-order valence-corrected chi connectivity index (χ4v) is 3.63. The molecule has 0 aromatic heterocycles. The van der Waals surface area contributed by atoms with Crippen molar-refractivity contribution in [2.75, 3.05) is 5.73 Å². The first-order valence-electron chi connectivity index (χ1n) is 5.31. The number of hydrogen-bond acceptors (Lipinski definition) is 4. The lowest BCUT2D eigenvalue weighted by atomic mass is 10.2. The molecule has 0 bridgehead atoms. The molecular weight excluding hydrogens is 286 g/mol. The molecule has 0 aliphatic heterocycles. The van der Waals surface area contributed by atoms with Crippen LogP contribution in [0, 0.1) is 0 Å². The summed E-state index contributed by atoms with van der Waals surface area (Å²) in [7, 11) is -3.85. The number of benzene rings is 2. The van der Waals surface area contributed by atoms with Gasteiger partial charge in [-0.25, -0.2) is 8.42 Å². The quantitative estimate of drug-likeness (QED) is 0.697. The third-order valence-corrected chi connectivity index (χ3v) is 4.93. The summed E-state index contributed by atoms with van der Waals surface area (Å²) < 4.78 is 24.9. The van der Waals surface area contributed by atoms with Crippen LogP contribution in [0.1, 0.15) is 10.4 Å². The Labute approximate surface area is 115 Å². The highest BCUT2D eigenvalue weighted by Crippen LogP contribution is 2.33. The summed E-state index contributed by atoms with van der Waals surface area (Å²) in [6.45, 7) is 0. The Bertz CT molecular complexity index is 727. The number of carbonyl (C=O) groups excluding carboxylic acids is 1. The van der Waals surface area contributed by atoms with Crippen molar-refractivity contribution < 1.29 is 13.2 Å². The molecule has 0 fully saturated rings. The predicted octanol–water partition coefficient (Wildman–Crippen LogP) is 2.57. The Morgan fingerprint density at radius 3 is 2.26 bits per heavy atom. The molecule has 0 radical (unpaired) electrons. The minimum atomic E-state index is -3.85. The highest BCUT2D eigenvalue weighted by molar-refractivity contribution is 7.91. The van der Waals surface area contributed by atoms with Crippen molar-refractivity contribution in [2.45, 2.75) is 9.79 Å². The molecule has 2 aromatic rings. The molecule has 0 saturated carbocycles. The molecule has 0 heterocycles. The molecule has 0 spiro atoms. The van der Waals surface area contributed by atoms with Gasteiger partial charge < -0.3 is 5.73 Å². The van der Waals surface area contributed by atoms with Gasteiger partial charge in [-0.05, 0) is 24.3 Å². The number of aldehydes is 1. The van der Waals surface area contributed by atoms with E-state index in [4.69, 9.17) is 17.3 Å². The van der Waals surface area contributed by atoms with Gasteiger partial charge in [-0.3, -0.25) is 4.79 Å². The highest BCUT2D eigenvalue weighted by Gasteiger charge is 2.25. The Balaban J connectivity index is 2.75. The average molecular weight is 296 g/mol. The summed E-state index contributed by atoms with van der Waals surface area (Å²) in [5, 5.41) is -0.00745. The normalized spacial score (nSPS) is 11.2. The van der Waals surface area contributed by atoms with E-state index in [2.05, 4.69) is 0 Å². The van der Waals surface area contributed by atoms with E-state index in [1.165, 1.54) is 24.3 Å². The van der Waals surface area contributed by atoms with Gasteiger partial charge in [0.05, 0.1) is 15.6 Å².